The second kappa shape index (κ2) is 5.55. The first-order valence-electron chi connectivity index (χ1n) is 6.22. The lowest BCUT2D eigenvalue weighted by atomic mass is 9.96. The molecule has 0 amide bonds. The van der Waals surface area contributed by atoms with Crippen molar-refractivity contribution in [2.24, 2.45) is 5.73 Å². The molecule has 2 N–H and O–H groups in total. The first-order valence-corrected chi connectivity index (χ1v) is 6.59. The molecule has 0 radical (unpaired) electrons. The van der Waals surface area contributed by atoms with Gasteiger partial charge in [-0.15, -0.1) is 0 Å². The molecule has 0 saturated carbocycles. The topological polar surface area (TPSA) is 65.9 Å². The Balaban J connectivity index is 2.42. The Kier molecular flexibility index (Phi) is 4.05. The van der Waals surface area contributed by atoms with Gasteiger partial charge in [-0.3, -0.25) is 0 Å². The van der Waals surface area contributed by atoms with E-state index in [1.807, 2.05) is 0 Å². The Labute approximate surface area is 112 Å². The molecule has 96 valence electrons. The van der Waals surface area contributed by atoms with Crippen LogP contribution in [0.25, 0.3) is 0 Å². The molecule has 18 heavy (non-hydrogen) atoms. The van der Waals surface area contributed by atoms with E-state index >= 15 is 0 Å². The Morgan fingerprint density at radius 3 is 3.06 bits per heavy atom. The van der Waals surface area contributed by atoms with Gasteiger partial charge in [0.1, 0.15) is 16.9 Å². The lowest BCUT2D eigenvalue weighted by Crippen LogP contribution is -2.49. The summed E-state index contributed by atoms with van der Waals surface area (Å²) in [5.41, 5.74) is 6.30. The van der Waals surface area contributed by atoms with Crippen LogP contribution in [0, 0.1) is 11.3 Å². The fraction of sp³-hybridized carbons (Fsp3) is 0.538. The highest BCUT2D eigenvalue weighted by atomic mass is 35.5. The molecular weight excluding hydrogens is 248 g/mol. The van der Waals surface area contributed by atoms with Gasteiger partial charge >= 0.3 is 0 Å². The van der Waals surface area contributed by atoms with E-state index < -0.39 is 0 Å². The maximum absolute atomic E-state index is 9.02. The molecule has 1 aliphatic heterocycles. The molecule has 1 saturated heterocycles. The second-order valence-corrected chi connectivity index (χ2v) is 5.06. The molecule has 5 heteroatoms. The first-order chi connectivity index (χ1) is 8.69. The molecule has 1 aromatic heterocycles. The molecule has 1 aliphatic rings. The maximum Gasteiger partial charge on any atom is 0.149 e. The van der Waals surface area contributed by atoms with E-state index in [-0.39, 0.29) is 6.04 Å². The number of halogens is 1. The molecule has 4 nitrogen and oxygen atoms in total. The normalized spacial score (nSPS) is 23.8. The van der Waals surface area contributed by atoms with Gasteiger partial charge in [-0.2, -0.15) is 5.26 Å². The quantitative estimate of drug-likeness (QED) is 0.890. The first kappa shape index (κ1) is 13.1. The van der Waals surface area contributed by atoms with Crippen LogP contribution < -0.4 is 10.6 Å². The minimum Gasteiger partial charge on any atom is -0.348 e. The number of hydrogen-bond acceptors (Lipinski definition) is 4. The van der Waals surface area contributed by atoms with Crippen molar-refractivity contribution >= 4 is 17.4 Å². The van der Waals surface area contributed by atoms with E-state index in [9.17, 15) is 0 Å². The smallest absolute Gasteiger partial charge is 0.149 e. The van der Waals surface area contributed by atoms with Crippen LogP contribution in [-0.4, -0.2) is 23.6 Å². The molecule has 2 atom stereocenters. The Bertz CT molecular complexity index is 469. The highest BCUT2D eigenvalue weighted by molar-refractivity contribution is 6.34. The number of aromatic nitrogens is 1. The Morgan fingerprint density at radius 1 is 1.61 bits per heavy atom. The third kappa shape index (κ3) is 2.29. The fourth-order valence-corrected chi connectivity index (χ4v) is 2.85. The number of nitriles is 1. The van der Waals surface area contributed by atoms with Crippen LogP contribution in [0.1, 0.15) is 31.7 Å². The lowest BCUT2D eigenvalue weighted by Gasteiger charge is -2.41. The van der Waals surface area contributed by atoms with E-state index in [1.54, 1.807) is 12.3 Å². The predicted octanol–water partition coefficient (Wildman–Crippen LogP) is 2.31. The average Bonchev–Trinajstić information content (AvgIpc) is 2.39. The van der Waals surface area contributed by atoms with Crippen LogP contribution in [-0.2, 0) is 0 Å². The summed E-state index contributed by atoms with van der Waals surface area (Å²) >= 11 is 6.26. The number of piperidine rings is 1. The van der Waals surface area contributed by atoms with E-state index in [2.05, 4.69) is 22.9 Å². The third-order valence-electron chi connectivity index (χ3n) is 3.54. The molecule has 2 unspecified atom stereocenters. The van der Waals surface area contributed by atoms with Gasteiger partial charge in [-0.05, 0) is 32.3 Å². The van der Waals surface area contributed by atoms with E-state index in [0.29, 0.717) is 29.0 Å². The van der Waals surface area contributed by atoms with Crippen molar-refractivity contribution in [1.82, 2.24) is 4.98 Å². The summed E-state index contributed by atoms with van der Waals surface area (Å²) in [4.78, 5) is 6.52. The molecule has 0 spiro atoms. The average molecular weight is 265 g/mol. The van der Waals surface area contributed by atoms with Gasteiger partial charge in [-0.1, -0.05) is 11.6 Å². The summed E-state index contributed by atoms with van der Waals surface area (Å²) in [6.07, 6.45) is 4.96. The molecule has 2 heterocycles. The summed E-state index contributed by atoms with van der Waals surface area (Å²) in [7, 11) is 0. The summed E-state index contributed by atoms with van der Waals surface area (Å²) in [5.74, 6) is 0.693. The van der Waals surface area contributed by atoms with E-state index in [0.717, 1.165) is 12.8 Å². The molecular formula is C13H17ClN4. The van der Waals surface area contributed by atoms with Gasteiger partial charge in [0.2, 0.25) is 0 Å². The predicted molar refractivity (Wildman–Crippen MR) is 72.6 cm³/mol. The summed E-state index contributed by atoms with van der Waals surface area (Å²) < 4.78 is 0. The molecule has 0 bridgehead atoms. The zero-order valence-corrected chi connectivity index (χ0v) is 11.2. The third-order valence-corrected chi connectivity index (χ3v) is 3.91. The Hall–Kier alpha value is -1.31. The Morgan fingerprint density at radius 2 is 2.39 bits per heavy atom. The molecule has 1 aromatic rings. The minimum absolute atomic E-state index is 0.257. The van der Waals surface area contributed by atoms with Crippen LogP contribution in [0.5, 0.6) is 0 Å². The molecule has 1 fully saturated rings. The maximum atomic E-state index is 9.02. The van der Waals surface area contributed by atoms with Crippen LogP contribution in [0.2, 0.25) is 5.02 Å². The monoisotopic (exact) mass is 264 g/mol. The number of pyridine rings is 1. The van der Waals surface area contributed by atoms with Crippen LogP contribution >= 0.6 is 11.6 Å². The largest absolute Gasteiger partial charge is 0.348 e. The number of rotatable bonds is 2. The molecule has 0 aromatic carbocycles. The van der Waals surface area contributed by atoms with Gasteiger partial charge in [0.05, 0.1) is 5.56 Å². The lowest BCUT2D eigenvalue weighted by molar-refractivity contribution is 0.398. The van der Waals surface area contributed by atoms with E-state index in [4.69, 9.17) is 22.6 Å². The zero-order chi connectivity index (χ0) is 13.1. The minimum atomic E-state index is 0.257. The fourth-order valence-electron chi connectivity index (χ4n) is 2.60. The number of anilines is 1. The van der Waals surface area contributed by atoms with Gasteiger partial charge in [0, 0.05) is 24.8 Å². The summed E-state index contributed by atoms with van der Waals surface area (Å²) in [6.45, 7) is 2.73. The number of hydrogen-bond donors (Lipinski definition) is 1. The van der Waals surface area contributed by atoms with Crippen molar-refractivity contribution in [2.45, 2.75) is 38.3 Å². The summed E-state index contributed by atoms with van der Waals surface area (Å²) in [5, 5.41) is 9.46. The van der Waals surface area contributed by atoms with Gasteiger partial charge < -0.3 is 10.6 Å². The molecule has 0 aliphatic carbocycles. The molecule has 2 rings (SSSR count). The van der Waals surface area contributed by atoms with Crippen LogP contribution in [0.3, 0.4) is 0 Å². The highest BCUT2D eigenvalue weighted by Gasteiger charge is 2.29. The van der Waals surface area contributed by atoms with Gasteiger partial charge in [-0.25, -0.2) is 4.98 Å². The van der Waals surface area contributed by atoms with Crippen molar-refractivity contribution in [3.8, 4) is 6.07 Å². The van der Waals surface area contributed by atoms with Crippen molar-refractivity contribution in [3.63, 3.8) is 0 Å². The van der Waals surface area contributed by atoms with Crippen molar-refractivity contribution in [2.75, 3.05) is 11.4 Å². The number of nitrogens with zero attached hydrogens (tertiary/aromatic N) is 3. The van der Waals surface area contributed by atoms with Crippen molar-refractivity contribution in [3.05, 3.63) is 22.8 Å². The van der Waals surface area contributed by atoms with Crippen LogP contribution in [0.15, 0.2) is 12.3 Å². The zero-order valence-electron chi connectivity index (χ0n) is 10.4. The van der Waals surface area contributed by atoms with Gasteiger partial charge in [0.15, 0.2) is 0 Å². The van der Waals surface area contributed by atoms with Crippen molar-refractivity contribution in [1.29, 1.82) is 5.26 Å². The van der Waals surface area contributed by atoms with Crippen LogP contribution in [0.4, 0.5) is 5.82 Å². The highest BCUT2D eigenvalue weighted by Crippen LogP contribution is 2.33. The van der Waals surface area contributed by atoms with Gasteiger partial charge in [0.25, 0.3) is 0 Å². The SMILES string of the molecule is CC1CCCC(CN)N1c1nccc(C#N)c1Cl. The standard InChI is InChI=1S/C13H17ClN4/c1-9-3-2-4-11(8-16)18(9)13-12(14)10(7-15)5-6-17-13/h5-6,9,11H,2-4,8,16H2,1H3. The summed E-state index contributed by atoms with van der Waals surface area (Å²) in [6, 6.07) is 4.34. The van der Waals surface area contributed by atoms with Crippen molar-refractivity contribution < 1.29 is 0 Å². The van der Waals surface area contributed by atoms with E-state index in [1.165, 1.54) is 6.42 Å². The second-order valence-electron chi connectivity index (χ2n) is 4.68. The number of nitrogens with two attached hydrogens (primary N) is 1.